The Kier molecular flexibility index (Phi) is 16.2. The summed E-state index contributed by atoms with van der Waals surface area (Å²) < 4.78 is 0. The van der Waals surface area contributed by atoms with E-state index in [1.807, 2.05) is 0 Å². The lowest BCUT2D eigenvalue weighted by atomic mass is 9.62. The van der Waals surface area contributed by atoms with Gasteiger partial charge in [-0.15, -0.1) is 0 Å². The number of hydrogen-bond donors (Lipinski definition) is 2. The number of aryl methyl sites for hydroxylation is 2. The summed E-state index contributed by atoms with van der Waals surface area (Å²) in [6.45, 7) is 11.4. The van der Waals surface area contributed by atoms with Crippen LogP contribution in [0.4, 0.5) is 11.4 Å². The Morgan fingerprint density at radius 2 is 0.926 bits per heavy atom. The smallest absolute Gasteiger partial charge is 0.0316 e. The molecule has 54 heavy (non-hydrogen) atoms. The van der Waals surface area contributed by atoms with Gasteiger partial charge in [-0.25, -0.2) is 0 Å². The molecule has 5 rings (SSSR count). The highest BCUT2D eigenvalue weighted by molar-refractivity contribution is 5.51. The molecule has 0 aliphatic heterocycles. The third kappa shape index (κ3) is 10.8. The average Bonchev–Trinajstić information content (AvgIpc) is 3.18. The second kappa shape index (κ2) is 21.0. The van der Waals surface area contributed by atoms with Gasteiger partial charge in [-0.1, -0.05) is 165 Å². The van der Waals surface area contributed by atoms with E-state index in [0.29, 0.717) is 11.8 Å². The Balaban J connectivity index is 1.41. The number of unbranched alkanes of at least 4 members (excludes halogenated alkanes) is 9. The summed E-state index contributed by atoms with van der Waals surface area (Å²) in [7, 11) is 0. The van der Waals surface area contributed by atoms with E-state index in [0.717, 1.165) is 17.3 Å². The molecule has 1 aliphatic rings. The lowest BCUT2D eigenvalue weighted by molar-refractivity contribution is 0.250. The Morgan fingerprint density at radius 1 is 0.519 bits per heavy atom. The normalized spacial score (nSPS) is 18.4. The first kappa shape index (κ1) is 41.6. The first-order valence-electron chi connectivity index (χ1n) is 22.2. The summed E-state index contributed by atoms with van der Waals surface area (Å²) in [4.78, 5) is 0. The monoisotopic (exact) mass is 727 g/mol. The minimum absolute atomic E-state index is 0.0545. The quantitative estimate of drug-likeness (QED) is 0.0663. The van der Waals surface area contributed by atoms with Crippen LogP contribution in [0, 0.1) is 19.8 Å². The zero-order chi connectivity index (χ0) is 38.3. The van der Waals surface area contributed by atoms with Crippen LogP contribution in [0.15, 0.2) is 84.9 Å². The van der Waals surface area contributed by atoms with Crippen LogP contribution in [0.1, 0.15) is 199 Å². The van der Waals surface area contributed by atoms with Gasteiger partial charge in [-0.2, -0.15) is 0 Å². The molecule has 0 spiro atoms. The second-order valence-corrected chi connectivity index (χ2v) is 17.2. The molecule has 0 heterocycles. The Hall–Kier alpha value is -3.52. The molecular weight excluding hydrogens is 653 g/mol. The van der Waals surface area contributed by atoms with Gasteiger partial charge in [0.15, 0.2) is 0 Å². The number of rotatable bonds is 21. The summed E-state index contributed by atoms with van der Waals surface area (Å²) in [6, 6.07) is 32.9. The second-order valence-electron chi connectivity index (χ2n) is 17.2. The SMILES string of the molecule is CCCCCCCCCCC1CCC(c2ccc(C(CCCC)c3ccc(N)cc3C)cc2)(c2ccc(C(CCCC)c3ccc(N)cc3C)cc2)CC1. The predicted octanol–water partition coefficient (Wildman–Crippen LogP) is 15.1. The van der Waals surface area contributed by atoms with E-state index in [1.165, 1.54) is 167 Å². The van der Waals surface area contributed by atoms with Crippen LogP contribution in [0.25, 0.3) is 0 Å². The summed E-state index contributed by atoms with van der Waals surface area (Å²) in [5.74, 6) is 1.65. The molecule has 0 bridgehead atoms. The zero-order valence-corrected chi connectivity index (χ0v) is 34.9. The van der Waals surface area contributed by atoms with Crippen LogP contribution in [0.2, 0.25) is 0 Å². The molecule has 4 N–H and O–H groups in total. The van der Waals surface area contributed by atoms with Gasteiger partial charge in [0.05, 0.1) is 0 Å². The van der Waals surface area contributed by atoms with Gasteiger partial charge in [0, 0.05) is 28.6 Å². The maximum absolute atomic E-state index is 6.19. The van der Waals surface area contributed by atoms with E-state index in [-0.39, 0.29) is 5.41 Å². The molecule has 2 atom stereocenters. The van der Waals surface area contributed by atoms with Crippen molar-refractivity contribution in [1.29, 1.82) is 0 Å². The fourth-order valence-corrected chi connectivity index (χ4v) is 9.84. The topological polar surface area (TPSA) is 52.0 Å². The third-order valence-corrected chi connectivity index (χ3v) is 13.2. The number of anilines is 2. The van der Waals surface area contributed by atoms with Crippen molar-refractivity contribution in [3.63, 3.8) is 0 Å². The molecule has 2 nitrogen and oxygen atoms in total. The van der Waals surface area contributed by atoms with Gasteiger partial charge in [-0.05, 0) is 127 Å². The summed E-state index contributed by atoms with van der Waals surface area (Å²) in [6.07, 6.45) is 25.0. The maximum atomic E-state index is 6.19. The van der Waals surface area contributed by atoms with Crippen molar-refractivity contribution in [1.82, 2.24) is 0 Å². The van der Waals surface area contributed by atoms with Gasteiger partial charge in [-0.3, -0.25) is 0 Å². The van der Waals surface area contributed by atoms with Crippen LogP contribution in [-0.4, -0.2) is 0 Å². The van der Waals surface area contributed by atoms with Crippen molar-refractivity contribution in [2.45, 2.75) is 174 Å². The number of nitrogen functional groups attached to an aromatic ring is 2. The molecule has 292 valence electrons. The lowest BCUT2D eigenvalue weighted by Gasteiger charge is -2.42. The van der Waals surface area contributed by atoms with Crippen molar-refractivity contribution in [3.05, 3.63) is 129 Å². The summed E-state index contributed by atoms with van der Waals surface area (Å²) in [5.41, 5.74) is 25.5. The Morgan fingerprint density at radius 3 is 1.33 bits per heavy atom. The van der Waals surface area contributed by atoms with Crippen LogP contribution in [0.5, 0.6) is 0 Å². The molecule has 4 aromatic carbocycles. The van der Waals surface area contributed by atoms with E-state index in [9.17, 15) is 0 Å². The van der Waals surface area contributed by atoms with Gasteiger partial charge in [0.2, 0.25) is 0 Å². The molecule has 1 aliphatic carbocycles. The van der Waals surface area contributed by atoms with E-state index in [2.05, 4.69) is 120 Å². The standard InChI is InChI=1S/C52H74N2/c1-6-9-12-13-14-15-16-17-18-41-33-35-52(36-34-41,44-25-21-42(22-26-44)50(19-10-7-2)48-31-29-46(53)37-39(48)4)45-27-23-43(24-28-45)51(20-11-8-3)49-32-30-47(54)38-40(49)5/h21-32,37-38,41,50-51H,6-20,33-36,53-54H2,1-5H3. The van der Waals surface area contributed by atoms with Gasteiger partial charge >= 0.3 is 0 Å². The lowest BCUT2D eigenvalue weighted by Crippen LogP contribution is -2.33. The molecule has 2 unspecified atom stereocenters. The molecule has 2 heteroatoms. The highest BCUT2D eigenvalue weighted by Crippen LogP contribution is 2.48. The predicted molar refractivity (Wildman–Crippen MR) is 237 cm³/mol. The number of benzene rings is 4. The molecule has 4 aromatic rings. The van der Waals surface area contributed by atoms with Crippen LogP contribution < -0.4 is 11.5 Å². The molecule has 0 amide bonds. The van der Waals surface area contributed by atoms with Gasteiger partial charge in [0.1, 0.15) is 0 Å². The first-order valence-corrected chi connectivity index (χ1v) is 22.2. The van der Waals surface area contributed by atoms with Crippen LogP contribution >= 0.6 is 0 Å². The Bertz CT molecular complexity index is 1570. The summed E-state index contributed by atoms with van der Waals surface area (Å²) >= 11 is 0. The number of hydrogen-bond acceptors (Lipinski definition) is 2. The molecule has 0 saturated heterocycles. The van der Waals surface area contributed by atoms with E-state index in [4.69, 9.17) is 11.5 Å². The minimum Gasteiger partial charge on any atom is -0.399 e. The molecular formula is C52H74N2. The zero-order valence-electron chi connectivity index (χ0n) is 34.9. The average molecular weight is 727 g/mol. The molecule has 0 aromatic heterocycles. The Labute approximate surface area is 330 Å². The highest BCUT2D eigenvalue weighted by atomic mass is 14.5. The molecule has 1 saturated carbocycles. The number of nitrogens with two attached hydrogens (primary N) is 2. The van der Waals surface area contributed by atoms with Gasteiger partial charge < -0.3 is 11.5 Å². The van der Waals surface area contributed by atoms with Gasteiger partial charge in [0.25, 0.3) is 0 Å². The van der Waals surface area contributed by atoms with Crippen molar-refractivity contribution >= 4 is 11.4 Å². The fourth-order valence-electron chi connectivity index (χ4n) is 9.84. The first-order chi connectivity index (χ1) is 26.3. The van der Waals surface area contributed by atoms with Crippen LogP contribution in [0.3, 0.4) is 0 Å². The van der Waals surface area contributed by atoms with E-state index < -0.39 is 0 Å². The van der Waals surface area contributed by atoms with E-state index in [1.54, 1.807) is 0 Å². The fraction of sp³-hybridized carbons (Fsp3) is 0.538. The van der Waals surface area contributed by atoms with Crippen LogP contribution in [-0.2, 0) is 5.41 Å². The molecule has 1 fully saturated rings. The van der Waals surface area contributed by atoms with Crippen molar-refractivity contribution < 1.29 is 0 Å². The van der Waals surface area contributed by atoms with E-state index >= 15 is 0 Å². The maximum Gasteiger partial charge on any atom is 0.0316 e. The van der Waals surface area contributed by atoms with Crippen molar-refractivity contribution in [2.75, 3.05) is 11.5 Å². The van der Waals surface area contributed by atoms with Crippen molar-refractivity contribution in [2.24, 2.45) is 5.92 Å². The largest absolute Gasteiger partial charge is 0.399 e. The van der Waals surface area contributed by atoms with Crippen molar-refractivity contribution in [3.8, 4) is 0 Å². The summed E-state index contributed by atoms with van der Waals surface area (Å²) in [5, 5.41) is 0. The molecule has 0 radical (unpaired) electrons. The third-order valence-electron chi connectivity index (χ3n) is 13.2. The minimum atomic E-state index is 0.0545. The highest BCUT2D eigenvalue weighted by Gasteiger charge is 2.38.